The topological polar surface area (TPSA) is 217 Å². The van der Waals surface area contributed by atoms with Crippen LogP contribution in [-0.2, 0) is 28.8 Å². The van der Waals surface area contributed by atoms with Crippen LogP contribution in [0, 0.1) is 0 Å². The normalized spacial score (nSPS) is 17.4. The Balaban J connectivity index is 2.84. The Morgan fingerprint density at radius 2 is 1.57 bits per heavy atom. The van der Waals surface area contributed by atoms with Crippen LogP contribution in [0.1, 0.15) is 38.5 Å². The molecule has 8 N–H and O–H groups in total. The monoisotopic (exact) mass is 429 g/mol. The SMILES string of the molecule is NC(=O)CCC(NC(=O)C(CCC(=O)O)NC(=O)C1CCCN1)C(=O)NCC(=O)O. The summed E-state index contributed by atoms with van der Waals surface area (Å²) in [5.41, 5.74) is 5.06. The molecule has 1 saturated heterocycles. The van der Waals surface area contributed by atoms with Gasteiger partial charge in [0.25, 0.3) is 0 Å². The number of hydrogen-bond donors (Lipinski definition) is 7. The van der Waals surface area contributed by atoms with Gasteiger partial charge in [-0.1, -0.05) is 0 Å². The molecule has 13 nitrogen and oxygen atoms in total. The van der Waals surface area contributed by atoms with Crippen LogP contribution >= 0.6 is 0 Å². The van der Waals surface area contributed by atoms with Crippen LogP contribution < -0.4 is 27.0 Å². The lowest BCUT2D eigenvalue weighted by molar-refractivity contribution is -0.139. The first-order valence-electron chi connectivity index (χ1n) is 9.44. The molecule has 3 unspecified atom stereocenters. The number of carboxylic acid groups (broad SMARTS) is 2. The molecule has 0 aliphatic carbocycles. The lowest BCUT2D eigenvalue weighted by Crippen LogP contribution is -2.56. The molecule has 0 saturated carbocycles. The van der Waals surface area contributed by atoms with E-state index in [9.17, 15) is 28.8 Å². The Kier molecular flexibility index (Phi) is 10.2. The second kappa shape index (κ2) is 12.4. The number of rotatable bonds is 13. The standard InChI is InChI=1S/C17H27N5O8/c18-12(23)5-3-10(15(28)20-8-14(26)27)21-17(30)11(4-6-13(24)25)22-16(29)9-2-1-7-19-9/h9-11,19H,1-8H2,(H2,18,23)(H,20,28)(H,21,30)(H,22,29)(H,24,25)(H,26,27). The molecule has 3 atom stereocenters. The van der Waals surface area contributed by atoms with E-state index >= 15 is 0 Å². The van der Waals surface area contributed by atoms with Gasteiger partial charge in [-0.3, -0.25) is 28.8 Å². The van der Waals surface area contributed by atoms with Gasteiger partial charge in [-0.2, -0.15) is 0 Å². The van der Waals surface area contributed by atoms with Crippen LogP contribution in [0.4, 0.5) is 0 Å². The van der Waals surface area contributed by atoms with Gasteiger partial charge < -0.3 is 37.2 Å². The van der Waals surface area contributed by atoms with E-state index in [1.54, 1.807) is 0 Å². The van der Waals surface area contributed by atoms with E-state index in [1.165, 1.54) is 0 Å². The average molecular weight is 429 g/mol. The summed E-state index contributed by atoms with van der Waals surface area (Å²) in [5.74, 6) is -5.37. The van der Waals surface area contributed by atoms with E-state index in [2.05, 4.69) is 21.3 Å². The minimum atomic E-state index is -1.31. The minimum absolute atomic E-state index is 0.198. The van der Waals surface area contributed by atoms with E-state index in [1.807, 2.05) is 0 Å². The number of hydrogen-bond acceptors (Lipinski definition) is 7. The zero-order valence-electron chi connectivity index (χ0n) is 16.3. The van der Waals surface area contributed by atoms with Gasteiger partial charge >= 0.3 is 11.9 Å². The van der Waals surface area contributed by atoms with Gasteiger partial charge in [0.05, 0.1) is 6.04 Å². The molecule has 0 aromatic heterocycles. The number of aliphatic carboxylic acids is 2. The predicted molar refractivity (Wildman–Crippen MR) is 101 cm³/mol. The summed E-state index contributed by atoms with van der Waals surface area (Å²) in [5, 5.41) is 27.4. The maximum Gasteiger partial charge on any atom is 0.322 e. The van der Waals surface area contributed by atoms with E-state index in [-0.39, 0.29) is 19.3 Å². The predicted octanol–water partition coefficient (Wildman–Crippen LogP) is -2.96. The number of carbonyl (C=O) groups is 6. The molecule has 168 valence electrons. The molecule has 0 bridgehead atoms. The lowest BCUT2D eigenvalue weighted by atomic mass is 10.1. The van der Waals surface area contributed by atoms with Crippen LogP contribution in [0.2, 0.25) is 0 Å². The van der Waals surface area contributed by atoms with Crippen molar-refractivity contribution in [3.05, 3.63) is 0 Å². The van der Waals surface area contributed by atoms with Gasteiger partial charge in [0.2, 0.25) is 23.6 Å². The van der Waals surface area contributed by atoms with Crippen LogP contribution in [-0.4, -0.2) is 77.0 Å². The van der Waals surface area contributed by atoms with Crippen molar-refractivity contribution >= 4 is 35.6 Å². The molecule has 0 aromatic rings. The Morgan fingerprint density at radius 3 is 2.10 bits per heavy atom. The van der Waals surface area contributed by atoms with Crippen molar-refractivity contribution in [2.24, 2.45) is 5.73 Å². The second-order valence-corrected chi connectivity index (χ2v) is 6.82. The van der Waals surface area contributed by atoms with Gasteiger partial charge in [0, 0.05) is 12.8 Å². The highest BCUT2D eigenvalue weighted by molar-refractivity contribution is 5.94. The number of nitrogens with one attached hydrogen (secondary N) is 4. The molecule has 0 radical (unpaired) electrons. The maximum absolute atomic E-state index is 12.7. The number of carboxylic acids is 2. The summed E-state index contributed by atoms with van der Waals surface area (Å²) >= 11 is 0. The van der Waals surface area contributed by atoms with Crippen molar-refractivity contribution in [2.45, 2.75) is 56.7 Å². The summed E-state index contributed by atoms with van der Waals surface area (Å²) in [6.07, 6.45) is 0.257. The first-order chi connectivity index (χ1) is 14.1. The number of carbonyl (C=O) groups excluding carboxylic acids is 4. The van der Waals surface area contributed by atoms with Gasteiger partial charge in [-0.25, -0.2) is 0 Å². The molecule has 1 aliphatic rings. The third kappa shape index (κ3) is 9.32. The summed E-state index contributed by atoms with van der Waals surface area (Å²) in [7, 11) is 0. The molecule has 1 rings (SSSR count). The van der Waals surface area contributed by atoms with Gasteiger partial charge in [-0.05, 0) is 32.2 Å². The zero-order valence-corrected chi connectivity index (χ0v) is 16.3. The van der Waals surface area contributed by atoms with E-state index in [4.69, 9.17) is 15.9 Å². The summed E-state index contributed by atoms with van der Waals surface area (Å²) in [4.78, 5) is 69.7. The fourth-order valence-corrected chi connectivity index (χ4v) is 2.83. The molecule has 1 heterocycles. The smallest absolute Gasteiger partial charge is 0.322 e. The van der Waals surface area contributed by atoms with Crippen LogP contribution in [0.15, 0.2) is 0 Å². The largest absolute Gasteiger partial charge is 0.481 e. The zero-order chi connectivity index (χ0) is 22.7. The number of amides is 4. The lowest BCUT2D eigenvalue weighted by Gasteiger charge is -2.23. The highest BCUT2D eigenvalue weighted by atomic mass is 16.4. The van der Waals surface area contributed by atoms with Gasteiger partial charge in [0.1, 0.15) is 18.6 Å². The van der Waals surface area contributed by atoms with Crippen molar-refractivity contribution in [2.75, 3.05) is 13.1 Å². The Bertz CT molecular complexity index is 677. The quantitative estimate of drug-likeness (QED) is 0.159. The van der Waals surface area contributed by atoms with Crippen LogP contribution in [0.5, 0.6) is 0 Å². The fourth-order valence-electron chi connectivity index (χ4n) is 2.83. The van der Waals surface area contributed by atoms with Crippen LogP contribution in [0.25, 0.3) is 0 Å². The summed E-state index contributed by atoms with van der Waals surface area (Å²) in [6.45, 7) is -0.0582. The molecule has 1 aliphatic heterocycles. The van der Waals surface area contributed by atoms with E-state index < -0.39 is 66.7 Å². The molecular formula is C17H27N5O8. The van der Waals surface area contributed by atoms with Crippen LogP contribution in [0.3, 0.4) is 0 Å². The molecule has 30 heavy (non-hydrogen) atoms. The maximum atomic E-state index is 12.7. The highest BCUT2D eigenvalue weighted by Gasteiger charge is 2.30. The van der Waals surface area contributed by atoms with Crippen molar-refractivity contribution in [1.29, 1.82) is 0 Å². The molecule has 1 fully saturated rings. The Labute approximate surface area is 172 Å². The van der Waals surface area contributed by atoms with Crippen molar-refractivity contribution < 1.29 is 39.0 Å². The fraction of sp³-hybridized carbons (Fsp3) is 0.647. The average Bonchev–Trinajstić information content (AvgIpc) is 3.20. The molecule has 4 amide bonds. The van der Waals surface area contributed by atoms with Crippen molar-refractivity contribution in [1.82, 2.24) is 21.3 Å². The molecule has 13 heteroatoms. The number of primary amides is 1. The molecular weight excluding hydrogens is 402 g/mol. The Morgan fingerprint density at radius 1 is 0.933 bits per heavy atom. The summed E-state index contributed by atoms with van der Waals surface area (Å²) < 4.78 is 0. The number of nitrogens with two attached hydrogens (primary N) is 1. The van der Waals surface area contributed by atoms with Crippen molar-refractivity contribution in [3.8, 4) is 0 Å². The van der Waals surface area contributed by atoms with Crippen molar-refractivity contribution in [3.63, 3.8) is 0 Å². The van der Waals surface area contributed by atoms with Gasteiger partial charge in [-0.15, -0.1) is 0 Å². The van der Waals surface area contributed by atoms with E-state index in [0.29, 0.717) is 13.0 Å². The Hall–Kier alpha value is -3.22. The second-order valence-electron chi connectivity index (χ2n) is 6.82. The highest BCUT2D eigenvalue weighted by Crippen LogP contribution is 2.07. The first-order valence-corrected chi connectivity index (χ1v) is 9.44. The van der Waals surface area contributed by atoms with E-state index in [0.717, 1.165) is 6.42 Å². The molecule has 0 spiro atoms. The third-order valence-electron chi connectivity index (χ3n) is 4.38. The first kappa shape index (κ1) is 24.8. The molecule has 0 aromatic carbocycles. The summed E-state index contributed by atoms with van der Waals surface area (Å²) in [6, 6.07) is -3.04. The van der Waals surface area contributed by atoms with Gasteiger partial charge in [0.15, 0.2) is 0 Å². The minimum Gasteiger partial charge on any atom is -0.481 e. The third-order valence-corrected chi connectivity index (χ3v) is 4.38.